The fraction of sp³-hybridized carbons (Fsp3) is 0.263. The molecule has 0 saturated carbocycles. The molecule has 0 fully saturated rings. The number of pyridine rings is 1. The third kappa shape index (κ3) is 4.97. The van der Waals surface area contributed by atoms with Crippen molar-refractivity contribution in [3.05, 3.63) is 60.1 Å². The van der Waals surface area contributed by atoms with Crippen LogP contribution in [0.3, 0.4) is 0 Å². The Bertz CT molecular complexity index is 863. The van der Waals surface area contributed by atoms with Gasteiger partial charge in [-0.15, -0.1) is 0 Å². The van der Waals surface area contributed by atoms with Gasteiger partial charge in [-0.2, -0.15) is 4.98 Å². The molecule has 0 atom stereocenters. The van der Waals surface area contributed by atoms with E-state index < -0.39 is 0 Å². The number of hydrogen-bond acceptors (Lipinski definition) is 6. The summed E-state index contributed by atoms with van der Waals surface area (Å²) in [5.74, 6) is 1.58. The number of hydrogen-bond donors (Lipinski definition) is 1. The van der Waals surface area contributed by atoms with Gasteiger partial charge in [-0.05, 0) is 26.1 Å². The molecule has 26 heavy (non-hydrogen) atoms. The molecular formula is C19H21N5O2. The Morgan fingerprint density at radius 2 is 1.92 bits per heavy atom. The first-order valence-corrected chi connectivity index (χ1v) is 8.40. The van der Waals surface area contributed by atoms with Crippen LogP contribution >= 0.6 is 0 Å². The van der Waals surface area contributed by atoms with E-state index in [0.29, 0.717) is 30.5 Å². The first kappa shape index (κ1) is 17.8. The van der Waals surface area contributed by atoms with Crippen LogP contribution in [0.25, 0.3) is 11.4 Å². The molecule has 7 heteroatoms. The monoisotopic (exact) mass is 351 g/mol. The minimum atomic E-state index is -0.110. The standard InChI is InChI=1S/C19H21N5O2/c1-14-7-6-10-16(20-14)21-17(25)13-24(2)12-11-18-22-19(23-26-18)15-8-4-3-5-9-15/h3-10H,11-13H2,1-2H3,(H,20,21,25). The van der Waals surface area contributed by atoms with Crippen LogP contribution in [0.1, 0.15) is 11.6 Å². The molecule has 0 spiro atoms. The van der Waals surface area contributed by atoms with E-state index in [1.54, 1.807) is 6.07 Å². The van der Waals surface area contributed by atoms with Gasteiger partial charge >= 0.3 is 0 Å². The van der Waals surface area contributed by atoms with Gasteiger partial charge in [0.25, 0.3) is 0 Å². The lowest BCUT2D eigenvalue weighted by atomic mass is 10.2. The summed E-state index contributed by atoms with van der Waals surface area (Å²) in [5.41, 5.74) is 1.78. The van der Waals surface area contributed by atoms with E-state index in [9.17, 15) is 4.79 Å². The van der Waals surface area contributed by atoms with Gasteiger partial charge in [0.15, 0.2) is 0 Å². The van der Waals surface area contributed by atoms with E-state index in [4.69, 9.17) is 4.52 Å². The number of aromatic nitrogens is 3. The summed E-state index contributed by atoms with van der Waals surface area (Å²) in [6.07, 6.45) is 0.576. The van der Waals surface area contributed by atoms with E-state index in [0.717, 1.165) is 11.3 Å². The minimum absolute atomic E-state index is 0.110. The molecule has 2 heterocycles. The number of amides is 1. The van der Waals surface area contributed by atoms with E-state index in [-0.39, 0.29) is 12.5 Å². The lowest BCUT2D eigenvalue weighted by Gasteiger charge is -2.14. The van der Waals surface area contributed by atoms with Crippen LogP contribution in [-0.2, 0) is 11.2 Å². The molecule has 0 aliphatic heterocycles. The lowest BCUT2D eigenvalue weighted by molar-refractivity contribution is -0.117. The number of nitrogens with one attached hydrogen (secondary N) is 1. The summed E-state index contributed by atoms with van der Waals surface area (Å²) >= 11 is 0. The van der Waals surface area contributed by atoms with Gasteiger partial charge < -0.3 is 9.84 Å². The largest absolute Gasteiger partial charge is 0.339 e. The second-order valence-electron chi connectivity index (χ2n) is 6.08. The van der Waals surface area contributed by atoms with Crippen LogP contribution in [-0.4, -0.2) is 46.1 Å². The maximum absolute atomic E-state index is 12.1. The van der Waals surface area contributed by atoms with Crippen molar-refractivity contribution in [3.63, 3.8) is 0 Å². The summed E-state index contributed by atoms with van der Waals surface area (Å²) in [4.78, 5) is 22.6. The average molecular weight is 351 g/mol. The predicted molar refractivity (Wildman–Crippen MR) is 98.5 cm³/mol. The summed E-state index contributed by atoms with van der Waals surface area (Å²) < 4.78 is 5.28. The van der Waals surface area contributed by atoms with Gasteiger partial charge in [-0.3, -0.25) is 9.69 Å². The Hall–Kier alpha value is -3.06. The molecular weight excluding hydrogens is 330 g/mol. The number of carbonyl (C=O) groups excluding carboxylic acids is 1. The molecule has 0 bridgehead atoms. The molecule has 1 N–H and O–H groups in total. The van der Waals surface area contributed by atoms with Crippen molar-refractivity contribution < 1.29 is 9.32 Å². The van der Waals surface area contributed by atoms with Crippen LogP contribution in [0.4, 0.5) is 5.82 Å². The van der Waals surface area contributed by atoms with E-state index in [1.807, 2.05) is 61.3 Å². The second kappa shape index (κ2) is 8.35. The molecule has 2 aromatic heterocycles. The highest BCUT2D eigenvalue weighted by Gasteiger charge is 2.11. The molecule has 0 unspecified atom stereocenters. The third-order valence-electron chi connectivity index (χ3n) is 3.78. The van der Waals surface area contributed by atoms with Crippen molar-refractivity contribution in [2.24, 2.45) is 0 Å². The number of likely N-dealkylation sites (N-methyl/N-ethyl adjacent to an activating group) is 1. The highest BCUT2D eigenvalue weighted by molar-refractivity contribution is 5.91. The first-order valence-electron chi connectivity index (χ1n) is 8.40. The number of benzene rings is 1. The highest BCUT2D eigenvalue weighted by Crippen LogP contribution is 2.15. The molecule has 1 amide bonds. The van der Waals surface area contributed by atoms with Crippen molar-refractivity contribution in [2.75, 3.05) is 25.5 Å². The Morgan fingerprint density at radius 1 is 1.12 bits per heavy atom. The fourth-order valence-corrected chi connectivity index (χ4v) is 2.47. The summed E-state index contributed by atoms with van der Waals surface area (Å²) in [5, 5.41) is 6.79. The van der Waals surface area contributed by atoms with Gasteiger partial charge in [0.1, 0.15) is 5.82 Å². The van der Waals surface area contributed by atoms with Crippen LogP contribution in [0.15, 0.2) is 53.1 Å². The van der Waals surface area contributed by atoms with Crippen molar-refractivity contribution in [3.8, 4) is 11.4 Å². The smallest absolute Gasteiger partial charge is 0.239 e. The Kier molecular flexibility index (Phi) is 5.70. The second-order valence-corrected chi connectivity index (χ2v) is 6.08. The van der Waals surface area contributed by atoms with Crippen molar-refractivity contribution in [2.45, 2.75) is 13.3 Å². The normalized spacial score (nSPS) is 10.9. The number of anilines is 1. The van der Waals surface area contributed by atoms with Crippen LogP contribution in [0.2, 0.25) is 0 Å². The summed E-state index contributed by atoms with van der Waals surface area (Å²) in [7, 11) is 1.87. The number of carbonyl (C=O) groups is 1. The van der Waals surface area contributed by atoms with Gasteiger partial charge in [-0.1, -0.05) is 41.6 Å². The quantitative estimate of drug-likeness (QED) is 0.704. The minimum Gasteiger partial charge on any atom is -0.339 e. The molecule has 7 nitrogen and oxygen atoms in total. The molecule has 0 saturated heterocycles. The maximum Gasteiger partial charge on any atom is 0.239 e. The van der Waals surface area contributed by atoms with Crippen molar-refractivity contribution in [1.82, 2.24) is 20.0 Å². The number of nitrogens with zero attached hydrogens (tertiary/aromatic N) is 4. The molecule has 1 aromatic carbocycles. The van der Waals surface area contributed by atoms with E-state index >= 15 is 0 Å². The summed E-state index contributed by atoms with van der Waals surface area (Å²) in [6.45, 7) is 2.77. The molecule has 134 valence electrons. The van der Waals surface area contributed by atoms with Gasteiger partial charge in [0.2, 0.25) is 17.6 Å². The van der Waals surface area contributed by atoms with Gasteiger partial charge in [0, 0.05) is 24.2 Å². The summed E-state index contributed by atoms with van der Waals surface area (Å²) in [6, 6.07) is 15.2. The SMILES string of the molecule is Cc1cccc(NC(=O)CN(C)CCc2nc(-c3ccccc3)no2)n1. The van der Waals surface area contributed by atoms with Gasteiger partial charge in [0.05, 0.1) is 6.54 Å². The van der Waals surface area contributed by atoms with Gasteiger partial charge in [-0.25, -0.2) is 4.98 Å². The number of aryl methyl sites for hydroxylation is 1. The average Bonchev–Trinajstić information content (AvgIpc) is 3.10. The number of rotatable bonds is 7. The van der Waals surface area contributed by atoms with Crippen LogP contribution in [0.5, 0.6) is 0 Å². The zero-order valence-electron chi connectivity index (χ0n) is 14.8. The van der Waals surface area contributed by atoms with E-state index in [1.165, 1.54) is 0 Å². The molecule has 0 aliphatic carbocycles. The molecule has 0 aliphatic rings. The van der Waals surface area contributed by atoms with Crippen molar-refractivity contribution in [1.29, 1.82) is 0 Å². The third-order valence-corrected chi connectivity index (χ3v) is 3.78. The molecule has 0 radical (unpaired) electrons. The molecule has 3 aromatic rings. The van der Waals surface area contributed by atoms with E-state index in [2.05, 4.69) is 20.4 Å². The highest BCUT2D eigenvalue weighted by atomic mass is 16.5. The molecule has 3 rings (SSSR count). The fourth-order valence-electron chi connectivity index (χ4n) is 2.47. The Balaban J connectivity index is 1.47. The van der Waals surface area contributed by atoms with Crippen LogP contribution < -0.4 is 5.32 Å². The lowest BCUT2D eigenvalue weighted by Crippen LogP contribution is -2.31. The first-order chi connectivity index (χ1) is 12.6. The zero-order valence-corrected chi connectivity index (χ0v) is 14.8. The Labute approximate surface area is 152 Å². The topological polar surface area (TPSA) is 84.2 Å². The van der Waals surface area contributed by atoms with Crippen molar-refractivity contribution >= 4 is 11.7 Å². The Morgan fingerprint density at radius 3 is 2.69 bits per heavy atom. The predicted octanol–water partition coefficient (Wildman–Crippen LogP) is 2.55. The van der Waals surface area contributed by atoms with Crippen LogP contribution in [0, 0.1) is 6.92 Å². The zero-order chi connectivity index (χ0) is 18.4. The maximum atomic E-state index is 12.1.